The standard InChI is InChI=1S/C20H26O3/c1-20-10-9-16-15-6-4-14(21)11-13(15)3-5-17(16)18(20)7-8-19(20)23-12-22-2/h9-11,17-19H,3-8,12H2,1-2H3/t17-,18+,19+,20-/m0/s1. The third kappa shape index (κ3) is 2.36. The molecule has 1 fully saturated rings. The molecule has 0 aliphatic heterocycles. The van der Waals surface area contributed by atoms with Gasteiger partial charge in [0, 0.05) is 18.9 Å². The lowest BCUT2D eigenvalue weighted by Crippen LogP contribution is -2.40. The van der Waals surface area contributed by atoms with Crippen LogP contribution in [0.5, 0.6) is 0 Å². The van der Waals surface area contributed by atoms with E-state index in [0.717, 1.165) is 19.3 Å². The van der Waals surface area contributed by atoms with Crippen molar-refractivity contribution < 1.29 is 14.3 Å². The third-order valence-corrected chi connectivity index (χ3v) is 6.54. The van der Waals surface area contributed by atoms with E-state index in [2.05, 4.69) is 19.1 Å². The molecule has 4 aliphatic carbocycles. The molecule has 1 saturated carbocycles. The van der Waals surface area contributed by atoms with Gasteiger partial charge in [0.05, 0.1) is 6.10 Å². The van der Waals surface area contributed by atoms with Crippen molar-refractivity contribution in [3.05, 3.63) is 34.9 Å². The molecule has 0 aromatic rings. The molecule has 0 aromatic carbocycles. The van der Waals surface area contributed by atoms with Crippen molar-refractivity contribution in [1.29, 1.82) is 0 Å². The van der Waals surface area contributed by atoms with Crippen LogP contribution < -0.4 is 0 Å². The Morgan fingerprint density at radius 3 is 2.91 bits per heavy atom. The van der Waals surface area contributed by atoms with E-state index in [9.17, 15) is 4.79 Å². The van der Waals surface area contributed by atoms with Crippen LogP contribution in [-0.2, 0) is 14.3 Å². The largest absolute Gasteiger partial charge is 0.359 e. The lowest BCUT2D eigenvalue weighted by Gasteiger charge is -2.45. The Hall–Kier alpha value is -1.19. The molecule has 3 nitrogen and oxygen atoms in total. The molecule has 0 amide bonds. The third-order valence-electron chi connectivity index (χ3n) is 6.54. The Morgan fingerprint density at radius 1 is 1.22 bits per heavy atom. The molecule has 0 radical (unpaired) electrons. The van der Waals surface area contributed by atoms with Crippen LogP contribution in [0.3, 0.4) is 0 Å². The lowest BCUT2D eigenvalue weighted by atomic mass is 9.60. The van der Waals surface area contributed by atoms with E-state index in [0.29, 0.717) is 30.8 Å². The Morgan fingerprint density at radius 2 is 2.09 bits per heavy atom. The molecule has 4 rings (SSSR count). The van der Waals surface area contributed by atoms with E-state index < -0.39 is 0 Å². The number of hydrogen-bond acceptors (Lipinski definition) is 3. The summed E-state index contributed by atoms with van der Waals surface area (Å²) in [6.07, 6.45) is 13.1. The van der Waals surface area contributed by atoms with Crippen molar-refractivity contribution in [2.75, 3.05) is 13.9 Å². The van der Waals surface area contributed by atoms with Gasteiger partial charge in [-0.2, -0.15) is 0 Å². The summed E-state index contributed by atoms with van der Waals surface area (Å²) in [6.45, 7) is 2.74. The van der Waals surface area contributed by atoms with E-state index in [-0.39, 0.29) is 11.5 Å². The van der Waals surface area contributed by atoms with Crippen LogP contribution in [-0.4, -0.2) is 25.8 Å². The normalized spacial score (nSPS) is 39.0. The topological polar surface area (TPSA) is 35.5 Å². The van der Waals surface area contributed by atoms with Gasteiger partial charge in [-0.1, -0.05) is 19.1 Å². The molecular weight excluding hydrogens is 288 g/mol. The summed E-state index contributed by atoms with van der Waals surface area (Å²) in [5.41, 5.74) is 4.43. The number of rotatable bonds is 3. The number of ketones is 1. The highest BCUT2D eigenvalue weighted by atomic mass is 16.7. The van der Waals surface area contributed by atoms with Crippen LogP contribution in [0.2, 0.25) is 0 Å². The Bertz CT molecular complexity index is 612. The van der Waals surface area contributed by atoms with Gasteiger partial charge in [-0.05, 0) is 66.7 Å². The van der Waals surface area contributed by atoms with Crippen molar-refractivity contribution in [2.24, 2.45) is 17.3 Å². The zero-order valence-electron chi connectivity index (χ0n) is 14.1. The minimum atomic E-state index is 0.124. The molecule has 0 aromatic heterocycles. The molecule has 0 bridgehead atoms. The summed E-state index contributed by atoms with van der Waals surface area (Å²) in [5.74, 6) is 1.61. The van der Waals surface area contributed by atoms with Gasteiger partial charge in [0.25, 0.3) is 0 Å². The number of methoxy groups -OCH3 is 1. The zero-order valence-corrected chi connectivity index (χ0v) is 14.1. The maximum absolute atomic E-state index is 11.7. The smallest absolute Gasteiger partial charge is 0.156 e. The monoisotopic (exact) mass is 314 g/mol. The van der Waals surface area contributed by atoms with Crippen LogP contribution in [0.1, 0.15) is 45.4 Å². The molecule has 4 aliphatic rings. The van der Waals surface area contributed by atoms with E-state index in [1.54, 1.807) is 7.11 Å². The number of fused-ring (bicyclic) bond motifs is 4. The highest BCUT2D eigenvalue weighted by Crippen LogP contribution is 2.57. The Labute approximate surface area is 138 Å². The predicted octanol–water partition coefficient (Wildman–Crippen LogP) is 3.96. The molecule has 4 atom stereocenters. The first-order valence-electron chi connectivity index (χ1n) is 8.90. The first-order valence-corrected chi connectivity index (χ1v) is 8.90. The SMILES string of the molecule is COCO[C@@H]1CC[C@@H]2[C@H]3CCC4=CC(=O)CCC4=C3C=C[C@@]21C. The molecule has 3 heteroatoms. The van der Waals surface area contributed by atoms with Crippen molar-refractivity contribution >= 4 is 5.78 Å². The van der Waals surface area contributed by atoms with Crippen molar-refractivity contribution in [1.82, 2.24) is 0 Å². The first-order chi connectivity index (χ1) is 11.1. The number of hydrogen-bond donors (Lipinski definition) is 0. The van der Waals surface area contributed by atoms with Gasteiger partial charge in [0.2, 0.25) is 0 Å². The summed E-state index contributed by atoms with van der Waals surface area (Å²) in [5, 5.41) is 0. The number of ether oxygens (including phenoxy) is 2. The highest BCUT2D eigenvalue weighted by Gasteiger charge is 2.52. The molecule has 0 saturated heterocycles. The van der Waals surface area contributed by atoms with Gasteiger partial charge in [0.15, 0.2) is 5.78 Å². The average molecular weight is 314 g/mol. The average Bonchev–Trinajstić information content (AvgIpc) is 2.89. The second-order valence-corrected chi connectivity index (χ2v) is 7.66. The summed E-state index contributed by atoms with van der Waals surface area (Å²) in [7, 11) is 1.69. The predicted molar refractivity (Wildman–Crippen MR) is 88.8 cm³/mol. The summed E-state index contributed by atoms with van der Waals surface area (Å²) in [4.78, 5) is 11.7. The van der Waals surface area contributed by atoms with Gasteiger partial charge in [-0.15, -0.1) is 0 Å². The quantitative estimate of drug-likeness (QED) is 0.740. The summed E-state index contributed by atoms with van der Waals surface area (Å²) in [6, 6.07) is 0. The zero-order chi connectivity index (χ0) is 16.0. The maximum atomic E-state index is 11.7. The van der Waals surface area contributed by atoms with Crippen LogP contribution in [0.4, 0.5) is 0 Å². The number of carbonyl (C=O) groups excluding carboxylic acids is 1. The van der Waals surface area contributed by atoms with E-state index >= 15 is 0 Å². The van der Waals surface area contributed by atoms with E-state index in [4.69, 9.17) is 9.47 Å². The van der Waals surface area contributed by atoms with Gasteiger partial charge in [-0.25, -0.2) is 0 Å². The lowest BCUT2D eigenvalue weighted by molar-refractivity contribution is -0.114. The first kappa shape index (κ1) is 15.3. The summed E-state index contributed by atoms with van der Waals surface area (Å²) >= 11 is 0. The van der Waals surface area contributed by atoms with Crippen molar-refractivity contribution in [3.63, 3.8) is 0 Å². The molecule has 0 unspecified atom stereocenters. The van der Waals surface area contributed by atoms with Gasteiger partial charge >= 0.3 is 0 Å². The molecule has 23 heavy (non-hydrogen) atoms. The minimum Gasteiger partial charge on any atom is -0.359 e. The fourth-order valence-electron chi connectivity index (χ4n) is 5.39. The summed E-state index contributed by atoms with van der Waals surface area (Å²) < 4.78 is 11.1. The van der Waals surface area contributed by atoms with E-state index in [1.165, 1.54) is 29.6 Å². The van der Waals surface area contributed by atoms with Crippen molar-refractivity contribution in [2.45, 2.75) is 51.6 Å². The van der Waals surface area contributed by atoms with Gasteiger partial charge < -0.3 is 9.47 Å². The van der Waals surface area contributed by atoms with Crippen LogP contribution in [0.25, 0.3) is 0 Å². The fourth-order valence-corrected chi connectivity index (χ4v) is 5.39. The molecule has 0 heterocycles. The molecule has 0 spiro atoms. The Balaban J connectivity index is 1.69. The van der Waals surface area contributed by atoms with Crippen molar-refractivity contribution in [3.8, 4) is 0 Å². The van der Waals surface area contributed by atoms with Gasteiger partial charge in [-0.3, -0.25) is 4.79 Å². The molecular formula is C20H26O3. The number of allylic oxidation sites excluding steroid dienone is 5. The maximum Gasteiger partial charge on any atom is 0.156 e. The number of carbonyl (C=O) groups is 1. The second kappa shape index (κ2) is 5.71. The highest BCUT2D eigenvalue weighted by molar-refractivity contribution is 5.93. The Kier molecular flexibility index (Phi) is 3.81. The minimum absolute atomic E-state index is 0.124. The van der Waals surface area contributed by atoms with Crippen LogP contribution in [0.15, 0.2) is 34.9 Å². The van der Waals surface area contributed by atoms with Crippen LogP contribution >= 0.6 is 0 Å². The molecule has 124 valence electrons. The fraction of sp³-hybridized carbons (Fsp3) is 0.650. The second-order valence-electron chi connectivity index (χ2n) is 7.66. The van der Waals surface area contributed by atoms with E-state index in [1.807, 2.05) is 6.08 Å². The molecule has 0 N–H and O–H groups in total. The van der Waals surface area contributed by atoms with Crippen LogP contribution in [0, 0.1) is 17.3 Å². The van der Waals surface area contributed by atoms with Gasteiger partial charge in [0.1, 0.15) is 6.79 Å².